The van der Waals surface area contributed by atoms with E-state index in [1.807, 2.05) is 58.0 Å². The van der Waals surface area contributed by atoms with E-state index in [2.05, 4.69) is 10.1 Å². The molecule has 0 amide bonds. The van der Waals surface area contributed by atoms with Crippen molar-refractivity contribution in [3.05, 3.63) is 72.6 Å². The number of hydrogen-bond donors (Lipinski definition) is 1. The van der Waals surface area contributed by atoms with Crippen LogP contribution in [0.2, 0.25) is 0 Å². The average molecular weight is 268 g/mol. The van der Waals surface area contributed by atoms with E-state index < -0.39 is 6.10 Å². The zero-order chi connectivity index (χ0) is 13.8. The average Bonchev–Trinajstić information content (AvgIpc) is 3.16. The van der Waals surface area contributed by atoms with Crippen LogP contribution in [0.5, 0.6) is 0 Å². The second kappa shape index (κ2) is 5.71. The Balaban J connectivity index is 1.76. The van der Waals surface area contributed by atoms with Gasteiger partial charge in [0.15, 0.2) is 0 Å². The van der Waals surface area contributed by atoms with Crippen molar-refractivity contribution in [2.24, 2.45) is 0 Å². The van der Waals surface area contributed by atoms with Crippen LogP contribution in [0.15, 0.2) is 61.2 Å². The summed E-state index contributed by atoms with van der Waals surface area (Å²) in [6.45, 7) is 1.47. The first-order chi connectivity index (χ1) is 9.84. The zero-order valence-corrected chi connectivity index (χ0v) is 11.0. The second-order valence-electron chi connectivity index (χ2n) is 4.56. The van der Waals surface area contributed by atoms with Gasteiger partial charge in [-0.1, -0.05) is 30.3 Å². The maximum Gasteiger partial charge on any atom is 0.142 e. The quantitative estimate of drug-likeness (QED) is 0.768. The molecule has 0 fully saturated rings. The summed E-state index contributed by atoms with van der Waals surface area (Å²) in [6, 6.07) is 11.5. The van der Waals surface area contributed by atoms with Gasteiger partial charge in [0.25, 0.3) is 0 Å². The summed E-state index contributed by atoms with van der Waals surface area (Å²) >= 11 is 0. The largest absolute Gasteiger partial charge is 0.380 e. The van der Waals surface area contributed by atoms with Gasteiger partial charge >= 0.3 is 0 Å². The molecule has 0 saturated carbocycles. The molecule has 5 heteroatoms. The van der Waals surface area contributed by atoms with E-state index >= 15 is 0 Å². The lowest BCUT2D eigenvalue weighted by atomic mass is 10.1. The molecule has 102 valence electrons. The fraction of sp³-hybridized carbons (Fsp3) is 0.200. The van der Waals surface area contributed by atoms with Crippen LogP contribution < -0.4 is 0 Å². The van der Waals surface area contributed by atoms with Crippen molar-refractivity contribution < 1.29 is 5.11 Å². The van der Waals surface area contributed by atoms with E-state index in [4.69, 9.17) is 0 Å². The molecule has 0 bridgehead atoms. The fourth-order valence-corrected chi connectivity index (χ4v) is 2.18. The third-order valence-corrected chi connectivity index (χ3v) is 3.24. The molecule has 3 aromatic rings. The minimum Gasteiger partial charge on any atom is -0.380 e. The Morgan fingerprint density at radius 1 is 1.00 bits per heavy atom. The topological polar surface area (TPSA) is 55.9 Å². The highest BCUT2D eigenvalue weighted by Crippen LogP contribution is 2.20. The van der Waals surface area contributed by atoms with Gasteiger partial charge in [-0.3, -0.25) is 4.68 Å². The molecule has 20 heavy (non-hydrogen) atoms. The molecule has 0 spiro atoms. The SMILES string of the molecule is O[C@H](c1ccccc1)c1nccn1CCn1cccn1. The molecule has 0 aliphatic rings. The third kappa shape index (κ3) is 2.62. The van der Waals surface area contributed by atoms with Gasteiger partial charge in [0.1, 0.15) is 11.9 Å². The van der Waals surface area contributed by atoms with Crippen LogP contribution in [0, 0.1) is 0 Å². The van der Waals surface area contributed by atoms with Gasteiger partial charge in [0.2, 0.25) is 0 Å². The zero-order valence-electron chi connectivity index (χ0n) is 11.0. The van der Waals surface area contributed by atoms with Crippen molar-refractivity contribution in [1.29, 1.82) is 0 Å². The summed E-state index contributed by atoms with van der Waals surface area (Å²) in [5.41, 5.74) is 0.846. The fourth-order valence-electron chi connectivity index (χ4n) is 2.18. The lowest BCUT2D eigenvalue weighted by molar-refractivity contribution is 0.203. The molecule has 1 aromatic carbocycles. The number of aliphatic hydroxyl groups excluding tert-OH is 1. The molecule has 3 rings (SSSR count). The van der Waals surface area contributed by atoms with E-state index in [1.54, 1.807) is 12.4 Å². The highest BCUT2D eigenvalue weighted by atomic mass is 16.3. The van der Waals surface area contributed by atoms with Crippen molar-refractivity contribution >= 4 is 0 Å². The van der Waals surface area contributed by atoms with Crippen LogP contribution in [0.1, 0.15) is 17.5 Å². The molecule has 0 aliphatic carbocycles. The first-order valence-electron chi connectivity index (χ1n) is 6.56. The van der Waals surface area contributed by atoms with Gasteiger partial charge in [-0.25, -0.2) is 4.98 Å². The second-order valence-corrected chi connectivity index (χ2v) is 4.56. The number of hydrogen-bond acceptors (Lipinski definition) is 3. The Morgan fingerprint density at radius 2 is 1.85 bits per heavy atom. The minimum absolute atomic E-state index is 0.656. The smallest absolute Gasteiger partial charge is 0.142 e. The highest BCUT2D eigenvalue weighted by molar-refractivity contribution is 5.22. The molecule has 0 aliphatic heterocycles. The lowest BCUT2D eigenvalue weighted by Gasteiger charge is -2.13. The lowest BCUT2D eigenvalue weighted by Crippen LogP contribution is -2.13. The molecule has 2 aromatic heterocycles. The van der Waals surface area contributed by atoms with Gasteiger partial charge < -0.3 is 9.67 Å². The van der Waals surface area contributed by atoms with Gasteiger partial charge in [0, 0.05) is 31.3 Å². The van der Waals surface area contributed by atoms with Gasteiger partial charge in [-0.15, -0.1) is 0 Å². The number of aliphatic hydroxyl groups is 1. The van der Waals surface area contributed by atoms with Gasteiger partial charge in [-0.2, -0.15) is 5.10 Å². The molecule has 0 saturated heterocycles. The number of benzene rings is 1. The number of rotatable bonds is 5. The first kappa shape index (κ1) is 12.6. The summed E-state index contributed by atoms with van der Waals surface area (Å²) in [4.78, 5) is 4.28. The minimum atomic E-state index is -0.705. The number of aryl methyl sites for hydroxylation is 2. The van der Waals surface area contributed by atoms with E-state index in [0.717, 1.165) is 18.7 Å². The summed E-state index contributed by atoms with van der Waals surface area (Å²) in [5, 5.41) is 14.6. The number of imidazole rings is 1. The summed E-state index contributed by atoms with van der Waals surface area (Å²) in [5.74, 6) is 0.656. The molecule has 1 atom stereocenters. The Morgan fingerprint density at radius 3 is 2.60 bits per heavy atom. The Kier molecular flexibility index (Phi) is 3.60. The monoisotopic (exact) mass is 268 g/mol. The molecule has 0 radical (unpaired) electrons. The van der Waals surface area contributed by atoms with Crippen molar-refractivity contribution in [3.63, 3.8) is 0 Å². The highest BCUT2D eigenvalue weighted by Gasteiger charge is 2.15. The van der Waals surface area contributed by atoms with Crippen LogP contribution in [0.3, 0.4) is 0 Å². The molecule has 2 heterocycles. The third-order valence-electron chi connectivity index (χ3n) is 3.24. The Hall–Kier alpha value is -2.40. The Bertz CT molecular complexity index is 646. The standard InChI is InChI=1S/C15H16N4O/c20-14(13-5-2-1-3-6-13)15-16-8-10-18(15)11-12-19-9-4-7-17-19/h1-10,14,20H,11-12H2/t14-/m1/s1. The summed E-state index contributed by atoms with van der Waals surface area (Å²) < 4.78 is 3.82. The molecule has 5 nitrogen and oxygen atoms in total. The van der Waals surface area contributed by atoms with E-state index in [0.29, 0.717) is 5.82 Å². The molecular weight excluding hydrogens is 252 g/mol. The van der Waals surface area contributed by atoms with Crippen molar-refractivity contribution in [3.8, 4) is 0 Å². The Labute approximate surface area is 117 Å². The maximum absolute atomic E-state index is 10.4. The predicted molar refractivity (Wildman–Crippen MR) is 75.0 cm³/mol. The van der Waals surface area contributed by atoms with Crippen molar-refractivity contribution in [2.45, 2.75) is 19.2 Å². The van der Waals surface area contributed by atoms with E-state index in [-0.39, 0.29) is 0 Å². The normalized spacial score (nSPS) is 12.4. The van der Waals surface area contributed by atoms with Gasteiger partial charge in [-0.05, 0) is 11.6 Å². The van der Waals surface area contributed by atoms with Gasteiger partial charge in [0.05, 0.1) is 6.54 Å². The van der Waals surface area contributed by atoms with Crippen LogP contribution in [-0.4, -0.2) is 24.4 Å². The van der Waals surface area contributed by atoms with Crippen LogP contribution in [0.4, 0.5) is 0 Å². The van der Waals surface area contributed by atoms with E-state index in [1.165, 1.54) is 0 Å². The van der Waals surface area contributed by atoms with Crippen LogP contribution in [0.25, 0.3) is 0 Å². The van der Waals surface area contributed by atoms with Crippen molar-refractivity contribution in [1.82, 2.24) is 19.3 Å². The molecule has 0 unspecified atom stereocenters. The predicted octanol–water partition coefficient (Wildman–Crippen LogP) is 1.86. The first-order valence-corrected chi connectivity index (χ1v) is 6.56. The van der Waals surface area contributed by atoms with Crippen molar-refractivity contribution in [2.75, 3.05) is 0 Å². The molecular formula is C15H16N4O. The molecule has 1 N–H and O–H groups in total. The number of aromatic nitrogens is 4. The number of nitrogens with zero attached hydrogens (tertiary/aromatic N) is 4. The maximum atomic E-state index is 10.4. The summed E-state index contributed by atoms with van der Waals surface area (Å²) in [6.07, 6.45) is 6.57. The van der Waals surface area contributed by atoms with E-state index in [9.17, 15) is 5.11 Å². The van der Waals surface area contributed by atoms with Crippen LogP contribution >= 0.6 is 0 Å². The summed E-state index contributed by atoms with van der Waals surface area (Å²) in [7, 11) is 0. The van der Waals surface area contributed by atoms with Crippen LogP contribution in [-0.2, 0) is 13.1 Å².